The number of imide groups is 1. The molecule has 6 heteroatoms. The summed E-state index contributed by atoms with van der Waals surface area (Å²) in [6, 6.07) is 19.2. The minimum atomic E-state index is -0.293. The second-order valence-corrected chi connectivity index (χ2v) is 8.37. The lowest BCUT2D eigenvalue weighted by atomic mass is 10.1. The zero-order valence-corrected chi connectivity index (χ0v) is 17.4. The van der Waals surface area contributed by atoms with Gasteiger partial charge in [-0.2, -0.15) is 0 Å². The van der Waals surface area contributed by atoms with Crippen LogP contribution in [-0.4, -0.2) is 16.0 Å². The van der Waals surface area contributed by atoms with E-state index in [1.807, 2.05) is 61.5 Å². The Labute approximate surface area is 175 Å². The number of nitrogens with zero attached hydrogens (tertiary/aromatic N) is 1. The number of hydrogen-bond acceptors (Lipinski definition) is 4. The summed E-state index contributed by atoms with van der Waals surface area (Å²) < 4.78 is 6.83. The minimum Gasteiger partial charge on any atom is -0.457 e. The molecule has 140 valence electrons. The van der Waals surface area contributed by atoms with E-state index in [4.69, 9.17) is 4.42 Å². The van der Waals surface area contributed by atoms with Crippen molar-refractivity contribution in [1.82, 2.24) is 4.90 Å². The lowest BCUT2D eigenvalue weighted by Gasteiger charge is -2.12. The van der Waals surface area contributed by atoms with Crippen molar-refractivity contribution in [3.63, 3.8) is 0 Å². The summed E-state index contributed by atoms with van der Waals surface area (Å²) in [5, 5.41) is -0.266. The van der Waals surface area contributed by atoms with Crippen LogP contribution in [0.1, 0.15) is 16.9 Å². The second-order valence-electron chi connectivity index (χ2n) is 6.47. The Balaban J connectivity index is 1.53. The topological polar surface area (TPSA) is 50.5 Å². The normalized spacial score (nSPS) is 15.6. The Hall–Kier alpha value is -2.57. The van der Waals surface area contributed by atoms with Gasteiger partial charge >= 0.3 is 0 Å². The SMILES string of the molecule is Cc1cccc(CN2C(=O)S/C(=C/c3ccc(-c4ccc(Br)cc4)o3)C2=O)c1. The average Bonchev–Trinajstić information content (AvgIpc) is 3.23. The molecular formula is C22H16BrNO3S. The minimum absolute atomic E-state index is 0.266. The van der Waals surface area contributed by atoms with Crippen LogP contribution >= 0.6 is 27.7 Å². The molecular weight excluding hydrogens is 438 g/mol. The first-order chi connectivity index (χ1) is 13.5. The molecule has 1 saturated heterocycles. The summed E-state index contributed by atoms with van der Waals surface area (Å²) in [4.78, 5) is 26.7. The standard InChI is InChI=1S/C22H16BrNO3S/c1-14-3-2-4-15(11-14)13-24-21(25)20(28-22(24)26)12-18-9-10-19(27-18)16-5-7-17(23)8-6-16/h2-12H,13H2,1H3/b20-12+. The van der Waals surface area contributed by atoms with E-state index in [0.29, 0.717) is 16.4 Å². The summed E-state index contributed by atoms with van der Waals surface area (Å²) in [7, 11) is 0. The molecule has 0 saturated carbocycles. The van der Waals surface area contributed by atoms with Crippen molar-refractivity contribution >= 4 is 44.9 Å². The van der Waals surface area contributed by atoms with Gasteiger partial charge in [-0.15, -0.1) is 0 Å². The van der Waals surface area contributed by atoms with Crippen LogP contribution in [0.2, 0.25) is 0 Å². The molecule has 0 unspecified atom stereocenters. The third-order valence-electron chi connectivity index (χ3n) is 4.33. The summed E-state index contributed by atoms with van der Waals surface area (Å²) >= 11 is 4.35. The molecule has 1 aliphatic heterocycles. The van der Waals surface area contributed by atoms with Crippen molar-refractivity contribution in [3.05, 3.63) is 86.9 Å². The number of furan rings is 1. The number of aryl methyl sites for hydroxylation is 1. The smallest absolute Gasteiger partial charge is 0.293 e. The van der Waals surface area contributed by atoms with E-state index >= 15 is 0 Å². The van der Waals surface area contributed by atoms with E-state index in [9.17, 15) is 9.59 Å². The number of amides is 2. The van der Waals surface area contributed by atoms with Gasteiger partial charge in [0.05, 0.1) is 11.4 Å². The van der Waals surface area contributed by atoms with E-state index in [1.54, 1.807) is 12.1 Å². The summed E-state index contributed by atoms with van der Waals surface area (Å²) in [5.41, 5.74) is 2.96. The molecule has 0 bridgehead atoms. The molecule has 0 spiro atoms. The third kappa shape index (κ3) is 3.98. The highest BCUT2D eigenvalue weighted by Gasteiger charge is 2.35. The molecule has 28 heavy (non-hydrogen) atoms. The largest absolute Gasteiger partial charge is 0.457 e. The first-order valence-electron chi connectivity index (χ1n) is 8.66. The molecule has 0 aliphatic carbocycles. The first-order valence-corrected chi connectivity index (χ1v) is 10.3. The van der Waals surface area contributed by atoms with E-state index in [1.165, 1.54) is 4.90 Å². The Morgan fingerprint density at radius 3 is 2.61 bits per heavy atom. The predicted molar refractivity (Wildman–Crippen MR) is 115 cm³/mol. The molecule has 2 aromatic carbocycles. The summed E-state index contributed by atoms with van der Waals surface area (Å²) in [6.07, 6.45) is 1.63. The number of hydrogen-bond donors (Lipinski definition) is 0. The molecule has 0 N–H and O–H groups in total. The van der Waals surface area contributed by atoms with Crippen molar-refractivity contribution in [2.24, 2.45) is 0 Å². The van der Waals surface area contributed by atoms with Gasteiger partial charge in [-0.1, -0.05) is 57.9 Å². The molecule has 4 rings (SSSR count). The average molecular weight is 454 g/mol. The van der Waals surface area contributed by atoms with E-state index in [0.717, 1.165) is 32.9 Å². The number of carbonyl (C=O) groups excluding carboxylic acids is 2. The Morgan fingerprint density at radius 1 is 1.07 bits per heavy atom. The van der Waals surface area contributed by atoms with Gasteiger partial charge in [-0.05, 0) is 48.5 Å². The summed E-state index contributed by atoms with van der Waals surface area (Å²) in [5.74, 6) is 0.954. The number of thioether (sulfide) groups is 1. The van der Waals surface area contributed by atoms with Gasteiger partial charge in [0, 0.05) is 16.1 Å². The highest BCUT2D eigenvalue weighted by Crippen LogP contribution is 2.34. The van der Waals surface area contributed by atoms with Crippen molar-refractivity contribution in [3.8, 4) is 11.3 Å². The zero-order valence-electron chi connectivity index (χ0n) is 15.0. The van der Waals surface area contributed by atoms with E-state index in [2.05, 4.69) is 15.9 Å². The van der Waals surface area contributed by atoms with Crippen molar-refractivity contribution in [1.29, 1.82) is 0 Å². The predicted octanol–water partition coefficient (Wildman–Crippen LogP) is 6.25. The molecule has 1 aromatic heterocycles. The molecule has 0 atom stereocenters. The lowest BCUT2D eigenvalue weighted by Crippen LogP contribution is -2.27. The van der Waals surface area contributed by atoms with Crippen molar-refractivity contribution in [2.75, 3.05) is 0 Å². The van der Waals surface area contributed by atoms with Gasteiger partial charge in [-0.25, -0.2) is 0 Å². The van der Waals surface area contributed by atoms with E-state index < -0.39 is 0 Å². The van der Waals surface area contributed by atoms with Gasteiger partial charge in [0.25, 0.3) is 11.1 Å². The van der Waals surface area contributed by atoms with Gasteiger partial charge in [-0.3, -0.25) is 14.5 Å². The Morgan fingerprint density at radius 2 is 1.86 bits per heavy atom. The molecule has 1 fully saturated rings. The molecule has 3 aromatic rings. The zero-order chi connectivity index (χ0) is 19.7. The molecule has 2 amide bonds. The molecule has 2 heterocycles. The van der Waals surface area contributed by atoms with Crippen molar-refractivity contribution < 1.29 is 14.0 Å². The fraction of sp³-hybridized carbons (Fsp3) is 0.0909. The molecule has 1 aliphatic rings. The van der Waals surface area contributed by atoms with Gasteiger partial charge in [0.15, 0.2) is 0 Å². The van der Waals surface area contributed by atoms with Crippen LogP contribution < -0.4 is 0 Å². The Bertz CT molecular complexity index is 1090. The van der Waals surface area contributed by atoms with Crippen LogP contribution in [0.5, 0.6) is 0 Å². The van der Waals surface area contributed by atoms with Gasteiger partial charge in [0.2, 0.25) is 0 Å². The first kappa shape index (κ1) is 18.8. The number of benzene rings is 2. The van der Waals surface area contributed by atoms with E-state index in [-0.39, 0.29) is 17.7 Å². The fourth-order valence-electron chi connectivity index (χ4n) is 2.96. The van der Waals surface area contributed by atoms with Gasteiger partial charge in [0.1, 0.15) is 11.5 Å². The highest BCUT2D eigenvalue weighted by molar-refractivity contribution is 9.10. The fourth-order valence-corrected chi connectivity index (χ4v) is 4.04. The number of carbonyl (C=O) groups is 2. The Kier molecular flexibility index (Phi) is 5.24. The van der Waals surface area contributed by atoms with Gasteiger partial charge < -0.3 is 4.42 Å². The van der Waals surface area contributed by atoms with Crippen LogP contribution in [0.15, 0.2) is 74.5 Å². The van der Waals surface area contributed by atoms with Crippen molar-refractivity contribution in [2.45, 2.75) is 13.5 Å². The summed E-state index contributed by atoms with van der Waals surface area (Å²) in [6.45, 7) is 2.25. The molecule has 0 radical (unpaired) electrons. The third-order valence-corrected chi connectivity index (χ3v) is 5.76. The van der Waals surface area contributed by atoms with Crippen LogP contribution in [0, 0.1) is 6.92 Å². The highest BCUT2D eigenvalue weighted by atomic mass is 79.9. The van der Waals surface area contributed by atoms with Crippen LogP contribution in [0.3, 0.4) is 0 Å². The quantitative estimate of drug-likeness (QED) is 0.437. The van der Waals surface area contributed by atoms with Crippen LogP contribution in [0.25, 0.3) is 17.4 Å². The lowest BCUT2D eigenvalue weighted by molar-refractivity contribution is -0.123. The number of halogens is 1. The maximum atomic E-state index is 12.7. The van der Waals surface area contributed by atoms with Crippen LogP contribution in [0.4, 0.5) is 4.79 Å². The molecule has 4 nitrogen and oxygen atoms in total. The maximum Gasteiger partial charge on any atom is 0.293 e. The monoisotopic (exact) mass is 453 g/mol. The number of rotatable bonds is 4. The van der Waals surface area contributed by atoms with Crippen LogP contribution in [-0.2, 0) is 11.3 Å². The second kappa shape index (κ2) is 7.81. The maximum absolute atomic E-state index is 12.7.